The summed E-state index contributed by atoms with van der Waals surface area (Å²) in [5.41, 5.74) is 1.67. The maximum absolute atomic E-state index is 13.3. The van der Waals surface area contributed by atoms with E-state index in [9.17, 15) is 23.9 Å². The van der Waals surface area contributed by atoms with Crippen LogP contribution in [0.3, 0.4) is 0 Å². The van der Waals surface area contributed by atoms with Crippen molar-refractivity contribution in [3.63, 3.8) is 0 Å². The van der Waals surface area contributed by atoms with Crippen molar-refractivity contribution in [1.29, 1.82) is 0 Å². The number of carbonyl (C=O) groups is 2. The van der Waals surface area contributed by atoms with Gasteiger partial charge in [-0.1, -0.05) is 24.3 Å². The number of likely N-dealkylation sites (tertiary alicyclic amines) is 1. The van der Waals surface area contributed by atoms with Crippen molar-refractivity contribution < 1.29 is 19.1 Å². The highest BCUT2D eigenvalue weighted by molar-refractivity contribution is 5.89. The Morgan fingerprint density at radius 1 is 1.06 bits per heavy atom. The number of halogens is 1. The molecular weight excluding hydrogens is 465 g/mol. The van der Waals surface area contributed by atoms with E-state index < -0.39 is 18.2 Å². The largest absolute Gasteiger partial charge is 0.465 e. The first kappa shape index (κ1) is 25.4. The maximum Gasteiger partial charge on any atom is 0.405 e. The highest BCUT2D eigenvalue weighted by Gasteiger charge is 2.25. The Morgan fingerprint density at radius 3 is 2.31 bits per heavy atom. The number of carboxylic acid groups (broad SMARTS) is 1. The van der Waals surface area contributed by atoms with Crippen LogP contribution in [0.15, 0.2) is 53.3 Å². The topological polar surface area (TPSA) is 109 Å². The molecule has 0 spiro atoms. The van der Waals surface area contributed by atoms with Crippen LogP contribution < -0.4 is 16.3 Å². The summed E-state index contributed by atoms with van der Waals surface area (Å²) < 4.78 is 16.1. The maximum atomic E-state index is 13.3. The molecule has 1 unspecified atom stereocenters. The second-order valence-electron chi connectivity index (χ2n) is 9.55. The van der Waals surface area contributed by atoms with E-state index in [2.05, 4.69) is 15.5 Å². The quantitative estimate of drug-likeness (QED) is 0.460. The van der Waals surface area contributed by atoms with E-state index >= 15 is 0 Å². The first-order valence-corrected chi connectivity index (χ1v) is 12.2. The first-order valence-electron chi connectivity index (χ1n) is 12.2. The van der Waals surface area contributed by atoms with Gasteiger partial charge in [0.05, 0.1) is 17.1 Å². The van der Waals surface area contributed by atoms with Gasteiger partial charge in [-0.2, -0.15) is 0 Å². The Balaban J connectivity index is 1.35. The molecule has 1 fully saturated rings. The monoisotopic (exact) mass is 497 g/mol. The number of nitrogens with zero attached hydrogens (tertiary/aromatic N) is 3. The van der Waals surface area contributed by atoms with Crippen LogP contribution in [-0.2, 0) is 0 Å². The van der Waals surface area contributed by atoms with Crippen LogP contribution in [0, 0.1) is 11.7 Å². The average Bonchev–Trinajstić information content (AvgIpc) is 3.15. The molecule has 192 valence electrons. The number of hydrogen-bond acceptors (Lipinski definition) is 4. The van der Waals surface area contributed by atoms with Crippen molar-refractivity contribution in [2.45, 2.75) is 38.8 Å². The molecule has 1 atom stereocenters. The molecule has 3 aromatic rings. The molecule has 10 heteroatoms. The summed E-state index contributed by atoms with van der Waals surface area (Å²) in [5, 5.41) is 14.7. The highest BCUT2D eigenvalue weighted by Crippen LogP contribution is 2.22. The fraction of sp³-hybridized carbons (Fsp3) is 0.423. The van der Waals surface area contributed by atoms with Gasteiger partial charge in [0.2, 0.25) is 0 Å². The fourth-order valence-electron chi connectivity index (χ4n) is 4.89. The SMILES string of the molecule is CC(C)n1c(=O)n(C(=O)NCC2CCN(CC(NC(=O)O)c3ccc(F)cc3)CC2)c2ccccc21. The van der Waals surface area contributed by atoms with Gasteiger partial charge in [-0.3, -0.25) is 4.57 Å². The van der Waals surface area contributed by atoms with Crippen molar-refractivity contribution in [3.05, 3.63) is 70.4 Å². The number of carbonyl (C=O) groups excluding carboxylic acids is 1. The normalized spacial score (nSPS) is 15.8. The van der Waals surface area contributed by atoms with Crippen molar-refractivity contribution in [2.75, 3.05) is 26.2 Å². The second-order valence-corrected chi connectivity index (χ2v) is 9.55. The van der Waals surface area contributed by atoms with Gasteiger partial charge in [-0.25, -0.2) is 23.3 Å². The Kier molecular flexibility index (Phi) is 7.73. The summed E-state index contributed by atoms with van der Waals surface area (Å²) >= 11 is 0. The number of amides is 2. The zero-order chi connectivity index (χ0) is 25.8. The lowest BCUT2D eigenvalue weighted by molar-refractivity contribution is 0.156. The van der Waals surface area contributed by atoms with Crippen molar-refractivity contribution >= 4 is 23.2 Å². The van der Waals surface area contributed by atoms with E-state index in [0.29, 0.717) is 24.2 Å². The van der Waals surface area contributed by atoms with E-state index in [1.807, 2.05) is 32.0 Å². The van der Waals surface area contributed by atoms with Crippen LogP contribution in [-0.4, -0.2) is 57.4 Å². The number of hydrogen-bond donors (Lipinski definition) is 3. The summed E-state index contributed by atoms with van der Waals surface area (Å²) in [5.74, 6) is -0.122. The van der Waals surface area contributed by atoms with Crippen LogP contribution in [0.4, 0.5) is 14.0 Å². The first-order chi connectivity index (χ1) is 17.2. The number of fused-ring (bicyclic) bond motifs is 1. The lowest BCUT2D eigenvalue weighted by atomic mass is 9.96. The van der Waals surface area contributed by atoms with Crippen molar-refractivity contribution in [1.82, 2.24) is 24.7 Å². The highest BCUT2D eigenvalue weighted by atomic mass is 19.1. The van der Waals surface area contributed by atoms with Crippen LogP contribution >= 0.6 is 0 Å². The van der Waals surface area contributed by atoms with E-state index in [1.54, 1.807) is 22.8 Å². The molecule has 1 saturated heterocycles. The number of para-hydroxylation sites is 2. The van der Waals surface area contributed by atoms with Crippen LogP contribution in [0.5, 0.6) is 0 Å². The number of rotatable bonds is 7. The van der Waals surface area contributed by atoms with Gasteiger partial charge in [0.25, 0.3) is 0 Å². The molecule has 0 aliphatic carbocycles. The molecule has 9 nitrogen and oxygen atoms in total. The summed E-state index contributed by atoms with van der Waals surface area (Å²) in [7, 11) is 0. The predicted octanol–water partition coefficient (Wildman–Crippen LogP) is 3.80. The Bertz CT molecular complexity index is 1280. The Labute approximate surface area is 208 Å². The molecule has 2 amide bonds. The minimum atomic E-state index is -1.13. The number of aromatic nitrogens is 2. The number of benzene rings is 2. The summed E-state index contributed by atoms with van der Waals surface area (Å²) in [4.78, 5) is 39.4. The van der Waals surface area contributed by atoms with Gasteiger partial charge in [-0.05, 0) is 75.5 Å². The number of piperidine rings is 1. The number of imidazole rings is 1. The third kappa shape index (κ3) is 5.59. The average molecular weight is 498 g/mol. The molecule has 0 bridgehead atoms. The van der Waals surface area contributed by atoms with Gasteiger partial charge < -0.3 is 20.6 Å². The Hall–Kier alpha value is -3.66. The molecule has 1 aliphatic heterocycles. The van der Waals surface area contributed by atoms with E-state index in [-0.39, 0.29) is 23.5 Å². The molecule has 2 heterocycles. The number of nitrogens with one attached hydrogen (secondary N) is 2. The van der Waals surface area contributed by atoms with E-state index in [0.717, 1.165) is 31.4 Å². The molecule has 1 aromatic heterocycles. The lowest BCUT2D eigenvalue weighted by Gasteiger charge is -2.34. The second kappa shape index (κ2) is 10.9. The summed E-state index contributed by atoms with van der Waals surface area (Å²) in [6.45, 7) is 6.24. The molecule has 3 N–H and O–H groups in total. The minimum absolute atomic E-state index is 0.0740. The van der Waals surface area contributed by atoms with Crippen LogP contribution in [0.2, 0.25) is 0 Å². The molecule has 0 saturated carbocycles. The smallest absolute Gasteiger partial charge is 0.405 e. The third-order valence-corrected chi connectivity index (χ3v) is 6.76. The van der Waals surface area contributed by atoms with Gasteiger partial charge in [0.15, 0.2) is 0 Å². The van der Waals surface area contributed by atoms with Crippen LogP contribution in [0.25, 0.3) is 11.0 Å². The van der Waals surface area contributed by atoms with Gasteiger partial charge in [-0.15, -0.1) is 0 Å². The van der Waals surface area contributed by atoms with E-state index in [1.165, 1.54) is 16.7 Å². The van der Waals surface area contributed by atoms with Gasteiger partial charge in [0, 0.05) is 19.1 Å². The fourth-order valence-corrected chi connectivity index (χ4v) is 4.89. The third-order valence-electron chi connectivity index (χ3n) is 6.76. The molecule has 4 rings (SSSR count). The Morgan fingerprint density at radius 2 is 1.69 bits per heavy atom. The lowest BCUT2D eigenvalue weighted by Crippen LogP contribution is -2.44. The van der Waals surface area contributed by atoms with Crippen LogP contribution in [0.1, 0.15) is 44.3 Å². The van der Waals surface area contributed by atoms with E-state index in [4.69, 9.17) is 0 Å². The standard InChI is InChI=1S/C26H32FN5O4/c1-17(2)31-22-5-3-4-6-23(22)32(26(31)36)24(33)28-15-18-11-13-30(14-12-18)16-21(29-25(34)35)19-7-9-20(27)10-8-19/h3-10,17-18,21,29H,11-16H2,1-2H3,(H,28,33)(H,34,35). The summed E-state index contributed by atoms with van der Waals surface area (Å²) in [6.07, 6.45) is 0.522. The van der Waals surface area contributed by atoms with Crippen molar-refractivity contribution in [2.24, 2.45) is 5.92 Å². The van der Waals surface area contributed by atoms with Crippen molar-refractivity contribution in [3.8, 4) is 0 Å². The summed E-state index contributed by atoms with van der Waals surface area (Å²) in [6, 6.07) is 12.1. The zero-order valence-electron chi connectivity index (χ0n) is 20.5. The molecule has 2 aromatic carbocycles. The molecule has 0 radical (unpaired) electrons. The zero-order valence-corrected chi connectivity index (χ0v) is 20.5. The minimum Gasteiger partial charge on any atom is -0.465 e. The predicted molar refractivity (Wildman–Crippen MR) is 135 cm³/mol. The molecule has 36 heavy (non-hydrogen) atoms. The van der Waals surface area contributed by atoms with Gasteiger partial charge in [0.1, 0.15) is 5.82 Å². The molecular formula is C26H32FN5O4. The molecule has 1 aliphatic rings. The van der Waals surface area contributed by atoms with Gasteiger partial charge >= 0.3 is 17.8 Å².